The number of imide groups is 1. The summed E-state index contributed by atoms with van der Waals surface area (Å²) in [6.45, 7) is 5.97. The van der Waals surface area contributed by atoms with Crippen molar-refractivity contribution in [2.24, 2.45) is 11.1 Å². The van der Waals surface area contributed by atoms with Gasteiger partial charge in [0.2, 0.25) is 27.7 Å². The summed E-state index contributed by atoms with van der Waals surface area (Å²) in [6.07, 6.45) is 0. The lowest BCUT2D eigenvalue weighted by Gasteiger charge is -2.31. The molecule has 238 valence electrons. The number of nitrogens with one attached hydrogen (secondary N) is 1. The summed E-state index contributed by atoms with van der Waals surface area (Å²) in [5, 5.41) is 7.49. The Morgan fingerprint density at radius 3 is 2.15 bits per heavy atom. The Morgan fingerprint density at radius 1 is 0.935 bits per heavy atom. The molecule has 4 aromatic rings. The third-order valence-electron chi connectivity index (χ3n) is 8.04. The normalized spacial score (nSPS) is 19.6. The number of hydrogen-bond acceptors (Lipinski definition) is 8. The molecule has 3 atom stereocenters. The molecule has 2 aliphatic rings. The fourth-order valence-electron chi connectivity index (χ4n) is 5.72. The second-order valence-electron chi connectivity index (χ2n) is 12.1. The molecule has 14 heteroatoms. The lowest BCUT2D eigenvalue weighted by molar-refractivity contribution is -0.122. The van der Waals surface area contributed by atoms with Crippen LogP contribution in [0.1, 0.15) is 42.7 Å². The quantitative estimate of drug-likeness (QED) is 0.263. The van der Waals surface area contributed by atoms with Gasteiger partial charge in [0.25, 0.3) is 0 Å². The maximum absolute atomic E-state index is 14.1. The topological polar surface area (TPSA) is 149 Å². The Labute approximate surface area is 282 Å². The van der Waals surface area contributed by atoms with E-state index < -0.39 is 37.9 Å². The molecule has 1 saturated heterocycles. The first kappa shape index (κ1) is 32.4. The van der Waals surface area contributed by atoms with E-state index in [0.29, 0.717) is 21.3 Å². The summed E-state index contributed by atoms with van der Waals surface area (Å²) in [5.41, 5.74) is 2.58. The average Bonchev–Trinajstić information content (AvgIpc) is 3.43. The number of aromatic nitrogens is 1. The molecule has 3 amide bonds. The highest BCUT2D eigenvalue weighted by Crippen LogP contribution is 2.54. The van der Waals surface area contributed by atoms with E-state index in [-0.39, 0.29) is 28.7 Å². The number of benzene rings is 3. The van der Waals surface area contributed by atoms with Gasteiger partial charge in [0.15, 0.2) is 0 Å². The highest BCUT2D eigenvalue weighted by Gasteiger charge is 2.56. The largest absolute Gasteiger partial charge is 0.325 e. The van der Waals surface area contributed by atoms with Gasteiger partial charge in [0, 0.05) is 21.0 Å². The van der Waals surface area contributed by atoms with Crippen molar-refractivity contribution in [3.8, 4) is 0 Å². The number of carbonyl (C=O) groups is 3. The van der Waals surface area contributed by atoms with Gasteiger partial charge in [-0.3, -0.25) is 23.7 Å². The molecule has 10 nitrogen and oxygen atoms in total. The number of hydrogen-bond donors (Lipinski definition) is 2. The minimum Gasteiger partial charge on any atom is -0.325 e. The SMILES string of the molecule is CC(C)(C)c1ccc(C2c3sc(=O)n(CC(=O)Nc4ccc(S(N)(=O)=O)cc4)c3SC3C(=O)N(c4ccc(Br)cc4)C(=O)C32)cc1. The number of anilines is 2. The van der Waals surface area contributed by atoms with Crippen molar-refractivity contribution in [3.05, 3.63) is 103 Å². The van der Waals surface area contributed by atoms with Gasteiger partial charge in [0.05, 0.1) is 21.5 Å². The average molecular weight is 742 g/mol. The van der Waals surface area contributed by atoms with E-state index in [1.165, 1.54) is 33.7 Å². The highest BCUT2D eigenvalue weighted by atomic mass is 79.9. The molecule has 0 bridgehead atoms. The molecule has 0 spiro atoms. The molecule has 2 aliphatic heterocycles. The van der Waals surface area contributed by atoms with Gasteiger partial charge in [-0.25, -0.2) is 18.5 Å². The molecule has 0 aliphatic carbocycles. The van der Waals surface area contributed by atoms with E-state index in [1.807, 2.05) is 24.3 Å². The molecule has 1 aromatic heterocycles. The van der Waals surface area contributed by atoms with Crippen LogP contribution in [0.4, 0.5) is 11.4 Å². The smallest absolute Gasteiger partial charge is 0.308 e. The Morgan fingerprint density at radius 2 is 1.57 bits per heavy atom. The van der Waals surface area contributed by atoms with Crippen molar-refractivity contribution < 1.29 is 22.8 Å². The molecule has 3 unspecified atom stereocenters. The lowest BCUT2D eigenvalue weighted by Crippen LogP contribution is -2.33. The molecule has 0 radical (unpaired) electrons. The Hall–Kier alpha value is -3.56. The highest BCUT2D eigenvalue weighted by molar-refractivity contribution is 9.10. The van der Waals surface area contributed by atoms with E-state index in [9.17, 15) is 27.6 Å². The van der Waals surface area contributed by atoms with Crippen LogP contribution in [0.25, 0.3) is 0 Å². The second-order valence-corrected chi connectivity index (χ2v) is 16.7. The van der Waals surface area contributed by atoms with E-state index in [1.54, 1.807) is 24.3 Å². The van der Waals surface area contributed by atoms with Crippen molar-refractivity contribution in [2.45, 2.75) is 53.8 Å². The fraction of sp³-hybridized carbons (Fsp3) is 0.250. The fourth-order valence-corrected chi connectivity index (χ4v) is 9.27. The number of fused-ring (bicyclic) bond motifs is 2. The number of rotatable bonds is 6. The number of thiazole rings is 1. The summed E-state index contributed by atoms with van der Waals surface area (Å²) < 4.78 is 25.3. The number of amides is 3. The van der Waals surface area contributed by atoms with Gasteiger partial charge in [-0.05, 0) is 65.1 Å². The van der Waals surface area contributed by atoms with Crippen LogP contribution >= 0.6 is 39.0 Å². The van der Waals surface area contributed by atoms with E-state index in [4.69, 9.17) is 5.14 Å². The number of nitrogens with zero attached hydrogens (tertiary/aromatic N) is 2. The van der Waals surface area contributed by atoms with Crippen LogP contribution in [0.5, 0.6) is 0 Å². The minimum atomic E-state index is -3.90. The van der Waals surface area contributed by atoms with Gasteiger partial charge in [0.1, 0.15) is 11.8 Å². The van der Waals surface area contributed by atoms with Crippen molar-refractivity contribution in [1.29, 1.82) is 0 Å². The zero-order chi connectivity index (χ0) is 33.1. The molecule has 3 heterocycles. The summed E-state index contributed by atoms with van der Waals surface area (Å²) >= 11 is 5.51. The summed E-state index contributed by atoms with van der Waals surface area (Å²) in [7, 11) is -3.90. The molecular weight excluding hydrogens is 712 g/mol. The Kier molecular flexibility index (Phi) is 8.38. The summed E-state index contributed by atoms with van der Waals surface area (Å²) in [6, 6.07) is 20.2. The van der Waals surface area contributed by atoms with Crippen LogP contribution in [0.3, 0.4) is 0 Å². The zero-order valence-electron chi connectivity index (χ0n) is 24.9. The summed E-state index contributed by atoms with van der Waals surface area (Å²) in [5.74, 6) is -2.58. The second kappa shape index (κ2) is 11.9. The zero-order valence-corrected chi connectivity index (χ0v) is 28.9. The minimum absolute atomic E-state index is 0.103. The molecule has 0 saturated carbocycles. The van der Waals surface area contributed by atoms with Crippen LogP contribution in [0.15, 0.2) is 92.0 Å². The molecule has 46 heavy (non-hydrogen) atoms. The predicted molar refractivity (Wildman–Crippen MR) is 182 cm³/mol. The standard InChI is InChI=1S/C32H29BrN4O6S3/c1-32(2,3)18-6-4-17(5-7-18)24-25-26(29(40)37(28(25)39)21-12-8-19(33)9-13-21)44-30-27(24)45-31(41)36(30)16-23(38)35-20-10-14-22(15-11-20)46(34,42)43/h4-15,24-26H,16H2,1-3H3,(H,35,38)(H2,34,42,43). The van der Waals surface area contributed by atoms with E-state index >= 15 is 0 Å². The molecular formula is C32H29BrN4O6S3. The number of sulfonamides is 1. The number of nitrogens with two attached hydrogens (primary N) is 1. The molecule has 3 N–H and O–H groups in total. The van der Waals surface area contributed by atoms with Gasteiger partial charge in [-0.2, -0.15) is 0 Å². The van der Waals surface area contributed by atoms with Crippen molar-refractivity contribution >= 4 is 78.1 Å². The van der Waals surface area contributed by atoms with Crippen molar-refractivity contribution in [3.63, 3.8) is 0 Å². The Bertz CT molecular complexity index is 2030. The van der Waals surface area contributed by atoms with Gasteiger partial charge >= 0.3 is 4.87 Å². The van der Waals surface area contributed by atoms with Crippen LogP contribution in [-0.2, 0) is 36.4 Å². The van der Waals surface area contributed by atoms with Crippen LogP contribution in [0, 0.1) is 5.92 Å². The lowest BCUT2D eigenvalue weighted by atomic mass is 9.81. The summed E-state index contributed by atoms with van der Waals surface area (Å²) in [4.78, 5) is 56.0. The maximum Gasteiger partial charge on any atom is 0.308 e. The van der Waals surface area contributed by atoms with Crippen LogP contribution in [-0.4, -0.2) is 36.0 Å². The van der Waals surface area contributed by atoms with E-state index in [0.717, 1.165) is 38.7 Å². The number of thioether (sulfide) groups is 1. The predicted octanol–water partition coefficient (Wildman–Crippen LogP) is 5.05. The van der Waals surface area contributed by atoms with Crippen molar-refractivity contribution in [1.82, 2.24) is 4.57 Å². The molecule has 6 rings (SSSR count). The van der Waals surface area contributed by atoms with E-state index in [2.05, 4.69) is 42.0 Å². The first-order chi connectivity index (χ1) is 21.6. The maximum atomic E-state index is 14.1. The van der Waals surface area contributed by atoms with Gasteiger partial charge in [-0.15, -0.1) is 0 Å². The third kappa shape index (κ3) is 5.99. The van der Waals surface area contributed by atoms with Crippen LogP contribution in [0.2, 0.25) is 0 Å². The number of carbonyl (C=O) groups excluding carboxylic acids is 3. The first-order valence-electron chi connectivity index (χ1n) is 14.2. The van der Waals surface area contributed by atoms with Crippen LogP contribution < -0.4 is 20.2 Å². The Balaban J connectivity index is 1.38. The number of primary sulfonamides is 1. The molecule has 3 aromatic carbocycles. The van der Waals surface area contributed by atoms with Gasteiger partial charge in [-0.1, -0.05) is 84.1 Å². The van der Waals surface area contributed by atoms with Crippen molar-refractivity contribution in [2.75, 3.05) is 10.2 Å². The third-order valence-corrected chi connectivity index (χ3v) is 12.1. The monoisotopic (exact) mass is 740 g/mol. The number of halogens is 1. The first-order valence-corrected chi connectivity index (χ1v) is 18.2. The molecule has 1 fully saturated rings. The van der Waals surface area contributed by atoms with Gasteiger partial charge < -0.3 is 5.32 Å².